The van der Waals surface area contributed by atoms with E-state index in [9.17, 15) is 9.59 Å². The van der Waals surface area contributed by atoms with Gasteiger partial charge in [-0.3, -0.25) is 9.59 Å². The molecule has 4 heteroatoms. The summed E-state index contributed by atoms with van der Waals surface area (Å²) in [4.78, 5) is 26.0. The fourth-order valence-corrected chi connectivity index (χ4v) is 2.88. The minimum Gasteiger partial charge on any atom is -0.341 e. The summed E-state index contributed by atoms with van der Waals surface area (Å²) in [5, 5.41) is 2.80. The summed E-state index contributed by atoms with van der Waals surface area (Å²) < 4.78 is 0. The number of carbonyl (C=O) groups is 2. The summed E-state index contributed by atoms with van der Waals surface area (Å²) in [6.07, 6.45) is 0.950. The average Bonchev–Trinajstić information content (AvgIpc) is 2.66. The Balaban J connectivity index is 2.45. The zero-order valence-corrected chi connectivity index (χ0v) is 13.5. The summed E-state index contributed by atoms with van der Waals surface area (Å²) in [6.45, 7) is 10.5. The van der Waals surface area contributed by atoms with Crippen LogP contribution < -0.4 is 10.2 Å². The van der Waals surface area contributed by atoms with Crippen LogP contribution in [0.1, 0.15) is 49.9 Å². The highest BCUT2D eigenvalue weighted by atomic mass is 16.2. The quantitative estimate of drug-likeness (QED) is 0.926. The Morgan fingerprint density at radius 1 is 1.29 bits per heavy atom. The third-order valence-electron chi connectivity index (χ3n) is 3.99. The highest BCUT2D eigenvalue weighted by Gasteiger charge is 2.39. The maximum atomic E-state index is 12.7. The first-order valence-corrected chi connectivity index (χ1v) is 7.51. The first kappa shape index (κ1) is 15.5. The van der Waals surface area contributed by atoms with Gasteiger partial charge in [-0.15, -0.1) is 0 Å². The Hall–Kier alpha value is -1.84. The average molecular weight is 288 g/mol. The Bertz CT molecular complexity index is 578. The molecule has 1 heterocycles. The van der Waals surface area contributed by atoms with E-state index < -0.39 is 6.04 Å². The monoisotopic (exact) mass is 288 g/mol. The van der Waals surface area contributed by atoms with Crippen LogP contribution in [0, 0.1) is 19.8 Å². The predicted molar refractivity (Wildman–Crippen MR) is 84.3 cm³/mol. The number of amides is 2. The molecule has 0 aromatic heterocycles. The van der Waals surface area contributed by atoms with Crippen LogP contribution in [-0.2, 0) is 9.59 Å². The maximum absolute atomic E-state index is 12.7. The van der Waals surface area contributed by atoms with Gasteiger partial charge in [0, 0.05) is 19.0 Å². The van der Waals surface area contributed by atoms with Crippen LogP contribution in [0.3, 0.4) is 0 Å². The number of hydrogen-bond acceptors (Lipinski definition) is 2. The molecule has 1 aliphatic heterocycles. The molecular weight excluding hydrogens is 264 g/mol. The van der Waals surface area contributed by atoms with Crippen LogP contribution in [0.4, 0.5) is 5.69 Å². The van der Waals surface area contributed by atoms with Crippen LogP contribution in [0.2, 0.25) is 0 Å². The minimum atomic E-state index is -0.537. The molecule has 0 fully saturated rings. The van der Waals surface area contributed by atoms with E-state index in [0.29, 0.717) is 12.5 Å². The number of aryl methyl sites for hydroxylation is 2. The van der Waals surface area contributed by atoms with Gasteiger partial charge in [0.2, 0.25) is 5.91 Å². The van der Waals surface area contributed by atoms with Gasteiger partial charge in [-0.25, -0.2) is 0 Å². The number of benzene rings is 1. The summed E-state index contributed by atoms with van der Waals surface area (Å²) in [5.41, 5.74) is 4.08. The number of fused-ring (bicyclic) bond motifs is 1. The Kier molecular flexibility index (Phi) is 4.35. The first-order valence-electron chi connectivity index (χ1n) is 7.51. The molecule has 21 heavy (non-hydrogen) atoms. The number of nitrogens with one attached hydrogen (secondary N) is 1. The highest BCUT2D eigenvalue weighted by molar-refractivity contribution is 6.07. The number of nitrogens with zero attached hydrogens (tertiary/aromatic N) is 1. The van der Waals surface area contributed by atoms with Gasteiger partial charge < -0.3 is 10.2 Å². The molecule has 114 valence electrons. The van der Waals surface area contributed by atoms with Gasteiger partial charge in [-0.1, -0.05) is 26.0 Å². The lowest BCUT2D eigenvalue weighted by molar-refractivity contribution is -0.126. The van der Waals surface area contributed by atoms with Gasteiger partial charge in [0.15, 0.2) is 0 Å². The predicted octanol–water partition coefficient (Wildman–Crippen LogP) is 2.87. The topological polar surface area (TPSA) is 49.4 Å². The van der Waals surface area contributed by atoms with E-state index in [1.165, 1.54) is 6.92 Å². The van der Waals surface area contributed by atoms with E-state index in [-0.39, 0.29) is 11.8 Å². The summed E-state index contributed by atoms with van der Waals surface area (Å²) in [5.74, 6) is 0.343. The SMILES string of the molecule is CC(=O)N[C@@H]1C(=O)N(CCC(C)C)c2c(C)ccc(C)c21. The molecule has 0 radical (unpaired) electrons. The molecule has 2 amide bonds. The van der Waals surface area contributed by atoms with Crippen molar-refractivity contribution in [2.24, 2.45) is 5.92 Å². The molecule has 1 aliphatic rings. The first-order chi connectivity index (χ1) is 9.82. The van der Waals surface area contributed by atoms with E-state index in [1.807, 2.05) is 30.9 Å². The molecule has 1 atom stereocenters. The fraction of sp³-hybridized carbons (Fsp3) is 0.529. The number of hydrogen-bond donors (Lipinski definition) is 1. The van der Waals surface area contributed by atoms with Crippen molar-refractivity contribution in [1.29, 1.82) is 0 Å². The second kappa shape index (κ2) is 5.88. The van der Waals surface area contributed by atoms with Crippen molar-refractivity contribution in [3.63, 3.8) is 0 Å². The second-order valence-corrected chi connectivity index (χ2v) is 6.27. The van der Waals surface area contributed by atoms with Crippen LogP contribution in [0.25, 0.3) is 0 Å². The van der Waals surface area contributed by atoms with E-state index in [0.717, 1.165) is 28.8 Å². The van der Waals surface area contributed by atoms with Gasteiger partial charge in [-0.05, 0) is 37.3 Å². The molecule has 4 nitrogen and oxygen atoms in total. The number of rotatable bonds is 4. The third-order valence-corrected chi connectivity index (χ3v) is 3.99. The van der Waals surface area contributed by atoms with Gasteiger partial charge >= 0.3 is 0 Å². The standard InChI is InChI=1S/C17H24N2O2/c1-10(2)8-9-19-16-12(4)7-6-11(3)14(16)15(17(19)21)18-13(5)20/h6-7,10,15H,8-9H2,1-5H3,(H,18,20)/t15-/m0/s1. The van der Waals surface area contributed by atoms with E-state index in [2.05, 4.69) is 19.2 Å². The zero-order chi connectivity index (χ0) is 15.7. The van der Waals surface area contributed by atoms with E-state index in [1.54, 1.807) is 0 Å². The molecule has 0 unspecified atom stereocenters. The van der Waals surface area contributed by atoms with Gasteiger partial charge in [-0.2, -0.15) is 0 Å². The maximum Gasteiger partial charge on any atom is 0.254 e. The third kappa shape index (κ3) is 2.94. The lowest BCUT2D eigenvalue weighted by Crippen LogP contribution is -2.37. The largest absolute Gasteiger partial charge is 0.341 e. The van der Waals surface area contributed by atoms with Crippen LogP contribution in [0.15, 0.2) is 12.1 Å². The highest BCUT2D eigenvalue weighted by Crippen LogP contribution is 2.40. The van der Waals surface area contributed by atoms with Crippen LogP contribution in [0.5, 0.6) is 0 Å². The molecule has 2 rings (SSSR count). The van der Waals surface area contributed by atoms with Crippen molar-refractivity contribution in [2.45, 2.75) is 47.1 Å². The van der Waals surface area contributed by atoms with E-state index in [4.69, 9.17) is 0 Å². The van der Waals surface area contributed by atoms with Crippen molar-refractivity contribution in [3.05, 3.63) is 28.8 Å². The van der Waals surface area contributed by atoms with E-state index >= 15 is 0 Å². The Morgan fingerprint density at radius 3 is 2.48 bits per heavy atom. The van der Waals surface area contributed by atoms with Crippen LogP contribution >= 0.6 is 0 Å². The second-order valence-electron chi connectivity index (χ2n) is 6.27. The van der Waals surface area contributed by atoms with Gasteiger partial charge in [0.1, 0.15) is 6.04 Å². The molecule has 0 aliphatic carbocycles. The van der Waals surface area contributed by atoms with Crippen molar-refractivity contribution in [3.8, 4) is 0 Å². The normalized spacial score (nSPS) is 17.3. The fourth-order valence-electron chi connectivity index (χ4n) is 2.88. The lowest BCUT2D eigenvalue weighted by Gasteiger charge is -2.20. The number of anilines is 1. The molecule has 1 N–H and O–H groups in total. The van der Waals surface area contributed by atoms with Crippen molar-refractivity contribution < 1.29 is 9.59 Å². The molecule has 0 saturated heterocycles. The van der Waals surface area contributed by atoms with Crippen molar-refractivity contribution in [2.75, 3.05) is 11.4 Å². The van der Waals surface area contributed by atoms with Gasteiger partial charge in [0.25, 0.3) is 5.91 Å². The summed E-state index contributed by atoms with van der Waals surface area (Å²) >= 11 is 0. The summed E-state index contributed by atoms with van der Waals surface area (Å²) in [7, 11) is 0. The minimum absolute atomic E-state index is 0.0155. The molecule has 1 aromatic carbocycles. The lowest BCUT2D eigenvalue weighted by atomic mass is 9.99. The van der Waals surface area contributed by atoms with Crippen molar-refractivity contribution >= 4 is 17.5 Å². The Labute approximate surface area is 126 Å². The molecule has 0 spiro atoms. The summed E-state index contributed by atoms with van der Waals surface area (Å²) in [6, 6.07) is 3.52. The smallest absolute Gasteiger partial charge is 0.254 e. The Morgan fingerprint density at radius 2 is 1.90 bits per heavy atom. The molecular formula is C17H24N2O2. The number of carbonyl (C=O) groups excluding carboxylic acids is 2. The molecule has 0 saturated carbocycles. The zero-order valence-electron chi connectivity index (χ0n) is 13.5. The molecule has 0 bridgehead atoms. The van der Waals surface area contributed by atoms with Crippen LogP contribution in [-0.4, -0.2) is 18.4 Å². The molecule has 1 aromatic rings. The van der Waals surface area contributed by atoms with Crippen molar-refractivity contribution in [1.82, 2.24) is 5.32 Å². The van der Waals surface area contributed by atoms with Gasteiger partial charge in [0.05, 0.1) is 5.69 Å².